The minimum atomic E-state index is -1.67. The van der Waals surface area contributed by atoms with Crippen LogP contribution in [0.15, 0.2) is 6.07 Å². The van der Waals surface area contributed by atoms with E-state index in [-0.39, 0.29) is 16.7 Å². The molecule has 58 valence electrons. The molecule has 0 aromatic carbocycles. The summed E-state index contributed by atoms with van der Waals surface area (Å²) in [7, 11) is -1.67. The monoisotopic (exact) mass is 173 g/mol. The normalized spacial score (nSPS) is 9.73. The Balaban J connectivity index is 3.08. The van der Waals surface area contributed by atoms with E-state index >= 15 is 0 Å². The van der Waals surface area contributed by atoms with E-state index in [0.717, 1.165) is 0 Å². The van der Waals surface area contributed by atoms with Crippen LogP contribution in [0.2, 0.25) is 5.15 Å². The molecule has 5 nitrogen and oxygen atoms in total. The fraction of sp³-hybridized carbons (Fsp3) is 0. The van der Waals surface area contributed by atoms with Crippen molar-refractivity contribution in [1.29, 1.82) is 0 Å². The summed E-state index contributed by atoms with van der Waals surface area (Å²) in [5.74, 6) is -0.0828. The van der Waals surface area contributed by atoms with Gasteiger partial charge >= 0.3 is 7.12 Å². The van der Waals surface area contributed by atoms with Crippen LogP contribution in [0.4, 0.5) is 5.95 Å². The molecule has 1 heterocycles. The van der Waals surface area contributed by atoms with Gasteiger partial charge in [-0.3, -0.25) is 0 Å². The highest BCUT2D eigenvalue weighted by molar-refractivity contribution is 6.57. The van der Waals surface area contributed by atoms with Gasteiger partial charge in [0.2, 0.25) is 5.95 Å². The largest absolute Gasteiger partial charge is 0.508 e. The van der Waals surface area contributed by atoms with Gasteiger partial charge in [-0.1, -0.05) is 11.6 Å². The number of aromatic nitrogens is 2. The molecular formula is C4H5BClN3O2. The first kappa shape index (κ1) is 8.25. The van der Waals surface area contributed by atoms with Crippen LogP contribution in [0.3, 0.4) is 0 Å². The number of halogens is 1. The molecule has 7 heteroatoms. The molecule has 0 spiro atoms. The van der Waals surface area contributed by atoms with Crippen LogP contribution in [0.25, 0.3) is 0 Å². The fourth-order valence-electron chi connectivity index (χ4n) is 0.586. The maximum absolute atomic E-state index is 8.62. The van der Waals surface area contributed by atoms with Crippen LogP contribution in [0.1, 0.15) is 0 Å². The molecule has 0 saturated heterocycles. The van der Waals surface area contributed by atoms with E-state index in [4.69, 9.17) is 27.4 Å². The lowest BCUT2D eigenvalue weighted by Crippen LogP contribution is -2.33. The fourth-order valence-corrected chi connectivity index (χ4v) is 0.784. The zero-order chi connectivity index (χ0) is 8.43. The number of hydrogen-bond donors (Lipinski definition) is 3. The Hall–Kier alpha value is -0.845. The third-order valence-electron chi connectivity index (χ3n) is 0.997. The van der Waals surface area contributed by atoms with E-state index in [1.165, 1.54) is 6.07 Å². The summed E-state index contributed by atoms with van der Waals surface area (Å²) in [6.45, 7) is 0. The van der Waals surface area contributed by atoms with Gasteiger partial charge in [0.15, 0.2) is 0 Å². The van der Waals surface area contributed by atoms with Crippen LogP contribution in [-0.4, -0.2) is 27.1 Å². The molecule has 0 saturated carbocycles. The third kappa shape index (κ3) is 2.04. The Morgan fingerprint density at radius 1 is 1.45 bits per heavy atom. The first-order chi connectivity index (χ1) is 5.09. The zero-order valence-electron chi connectivity index (χ0n) is 5.40. The molecule has 0 atom stereocenters. The van der Waals surface area contributed by atoms with Crippen molar-refractivity contribution < 1.29 is 10.0 Å². The Morgan fingerprint density at radius 2 is 2.09 bits per heavy atom. The molecule has 1 aromatic heterocycles. The van der Waals surface area contributed by atoms with Gasteiger partial charge < -0.3 is 15.8 Å². The van der Waals surface area contributed by atoms with Crippen molar-refractivity contribution in [1.82, 2.24) is 9.97 Å². The Kier molecular flexibility index (Phi) is 2.28. The van der Waals surface area contributed by atoms with Crippen LogP contribution in [0, 0.1) is 0 Å². The van der Waals surface area contributed by atoms with E-state index in [0.29, 0.717) is 0 Å². The molecule has 0 aliphatic rings. The van der Waals surface area contributed by atoms with Crippen molar-refractivity contribution >= 4 is 30.3 Å². The molecule has 0 aliphatic carbocycles. The Morgan fingerprint density at radius 3 is 2.55 bits per heavy atom. The van der Waals surface area contributed by atoms with Gasteiger partial charge in [-0.25, -0.2) is 9.97 Å². The van der Waals surface area contributed by atoms with Crippen LogP contribution < -0.4 is 11.3 Å². The first-order valence-electron chi connectivity index (χ1n) is 2.75. The summed E-state index contributed by atoms with van der Waals surface area (Å²) in [6, 6.07) is 1.22. The maximum atomic E-state index is 8.62. The summed E-state index contributed by atoms with van der Waals surface area (Å²) >= 11 is 5.44. The lowest BCUT2D eigenvalue weighted by atomic mass is 9.86. The Bertz CT molecular complexity index is 249. The zero-order valence-corrected chi connectivity index (χ0v) is 6.15. The number of nitrogens with two attached hydrogens (primary N) is 1. The lowest BCUT2D eigenvalue weighted by molar-refractivity contribution is 0.424. The molecule has 1 aromatic rings. The number of anilines is 1. The summed E-state index contributed by atoms with van der Waals surface area (Å²) in [6.07, 6.45) is 0. The van der Waals surface area contributed by atoms with Crippen LogP contribution >= 0.6 is 11.6 Å². The Labute approximate surface area is 68.0 Å². The second-order valence-corrected chi connectivity index (χ2v) is 2.23. The quantitative estimate of drug-likeness (QED) is 0.351. The second-order valence-electron chi connectivity index (χ2n) is 1.85. The molecule has 0 unspecified atom stereocenters. The molecule has 0 aliphatic heterocycles. The minimum absolute atomic E-state index is 0.0116. The maximum Gasteiger partial charge on any atom is 0.508 e. The van der Waals surface area contributed by atoms with Crippen LogP contribution in [0.5, 0.6) is 0 Å². The lowest BCUT2D eigenvalue weighted by Gasteiger charge is -1.98. The van der Waals surface area contributed by atoms with Crippen molar-refractivity contribution in [3.05, 3.63) is 11.2 Å². The van der Waals surface area contributed by atoms with Gasteiger partial charge in [-0.15, -0.1) is 0 Å². The van der Waals surface area contributed by atoms with Gasteiger partial charge in [0, 0.05) is 0 Å². The predicted molar refractivity (Wildman–Crippen MR) is 41.3 cm³/mol. The summed E-state index contributed by atoms with van der Waals surface area (Å²) in [5, 5.41) is 17.3. The van der Waals surface area contributed by atoms with Gasteiger partial charge in [-0.05, 0) is 6.07 Å². The van der Waals surface area contributed by atoms with Crippen molar-refractivity contribution in [3.63, 3.8) is 0 Å². The van der Waals surface area contributed by atoms with Gasteiger partial charge in [-0.2, -0.15) is 0 Å². The van der Waals surface area contributed by atoms with Crippen LogP contribution in [-0.2, 0) is 0 Å². The summed E-state index contributed by atoms with van der Waals surface area (Å²) in [4.78, 5) is 7.04. The van der Waals surface area contributed by atoms with Gasteiger partial charge in [0.25, 0.3) is 0 Å². The summed E-state index contributed by atoms with van der Waals surface area (Å²) < 4.78 is 0. The van der Waals surface area contributed by atoms with E-state index in [1.54, 1.807) is 0 Å². The van der Waals surface area contributed by atoms with E-state index in [9.17, 15) is 0 Å². The molecule has 0 amide bonds. The highest BCUT2D eigenvalue weighted by Crippen LogP contribution is 2.01. The number of nitrogen functional groups attached to an aromatic ring is 1. The van der Waals surface area contributed by atoms with Crippen molar-refractivity contribution in [3.8, 4) is 0 Å². The molecular weight excluding hydrogens is 168 g/mol. The molecule has 1 rings (SSSR count). The predicted octanol–water partition coefficient (Wildman–Crippen LogP) is -1.61. The standard InChI is InChI=1S/C4H5BClN3O2/c6-3-1-2(5(10)11)8-4(7)9-3/h1,10-11H,(H2,7,8,9). The van der Waals surface area contributed by atoms with E-state index in [1.807, 2.05) is 0 Å². The van der Waals surface area contributed by atoms with Crippen molar-refractivity contribution in [2.75, 3.05) is 5.73 Å². The van der Waals surface area contributed by atoms with Gasteiger partial charge in [0.05, 0.1) is 5.59 Å². The van der Waals surface area contributed by atoms with E-state index < -0.39 is 7.12 Å². The number of nitrogens with zero attached hydrogens (tertiary/aromatic N) is 2. The second kappa shape index (κ2) is 3.04. The van der Waals surface area contributed by atoms with Gasteiger partial charge in [0.1, 0.15) is 5.15 Å². The number of rotatable bonds is 1. The average molecular weight is 173 g/mol. The number of hydrogen-bond acceptors (Lipinski definition) is 5. The topological polar surface area (TPSA) is 92.3 Å². The third-order valence-corrected chi connectivity index (χ3v) is 1.19. The SMILES string of the molecule is Nc1nc(Cl)cc(B(O)O)n1. The minimum Gasteiger partial charge on any atom is -0.422 e. The molecule has 0 bridgehead atoms. The van der Waals surface area contributed by atoms with E-state index in [2.05, 4.69) is 9.97 Å². The van der Waals surface area contributed by atoms with Crippen molar-refractivity contribution in [2.45, 2.75) is 0 Å². The molecule has 0 radical (unpaired) electrons. The van der Waals surface area contributed by atoms with Crippen molar-refractivity contribution in [2.24, 2.45) is 0 Å². The molecule has 0 fully saturated rings. The highest BCUT2D eigenvalue weighted by atomic mass is 35.5. The smallest absolute Gasteiger partial charge is 0.422 e. The molecule has 11 heavy (non-hydrogen) atoms. The highest BCUT2D eigenvalue weighted by Gasteiger charge is 2.14. The molecule has 4 N–H and O–H groups in total. The first-order valence-corrected chi connectivity index (χ1v) is 3.13. The average Bonchev–Trinajstić information content (AvgIpc) is 1.85. The summed E-state index contributed by atoms with van der Waals surface area (Å²) in [5.41, 5.74) is 5.16.